The molecule has 0 radical (unpaired) electrons. The summed E-state index contributed by atoms with van der Waals surface area (Å²) in [4.78, 5) is 0. The Morgan fingerprint density at radius 3 is 3.12 bits per heavy atom. The van der Waals surface area contributed by atoms with Gasteiger partial charge in [0.1, 0.15) is 0 Å². The summed E-state index contributed by atoms with van der Waals surface area (Å²) in [5.74, 6) is 0. The van der Waals surface area contributed by atoms with Crippen LogP contribution in [0.4, 0.5) is 5.69 Å². The first-order valence-corrected chi connectivity index (χ1v) is 6.55. The maximum atomic E-state index is 8.83. The number of piperidine rings is 1. The minimum Gasteiger partial charge on any atom is -0.396 e. The lowest BCUT2D eigenvalue weighted by Gasteiger charge is -2.25. The predicted molar refractivity (Wildman–Crippen MR) is 71.4 cm³/mol. The van der Waals surface area contributed by atoms with Crippen LogP contribution in [0.1, 0.15) is 24.8 Å². The number of anilines is 1. The fourth-order valence-corrected chi connectivity index (χ4v) is 2.31. The molecule has 1 aromatic carbocycles. The molecule has 0 aromatic heterocycles. The molecule has 1 aromatic rings. The van der Waals surface area contributed by atoms with Crippen LogP contribution in [0.25, 0.3) is 0 Å². The Balaban J connectivity index is 1.90. The summed E-state index contributed by atoms with van der Waals surface area (Å²) in [7, 11) is 0. The third-order valence-corrected chi connectivity index (χ3v) is 3.22. The summed E-state index contributed by atoms with van der Waals surface area (Å²) in [6, 6.07) is 9.09. The van der Waals surface area contributed by atoms with Gasteiger partial charge in [-0.3, -0.25) is 0 Å². The number of aliphatic hydroxyl groups excluding tert-OH is 1. The first-order valence-electron chi connectivity index (χ1n) is 6.55. The molecule has 0 saturated carbocycles. The molecule has 2 rings (SSSR count). The molecule has 1 aliphatic rings. The van der Waals surface area contributed by atoms with Crippen molar-refractivity contribution in [1.29, 1.82) is 0 Å². The predicted octanol–water partition coefficient (Wildman–Crippen LogP) is 1.78. The molecular weight excluding hydrogens is 212 g/mol. The number of aliphatic hydroxyl groups is 1. The molecule has 0 spiro atoms. The lowest BCUT2D eigenvalue weighted by Crippen LogP contribution is -2.38. The van der Waals surface area contributed by atoms with Crippen molar-refractivity contribution in [2.75, 3.05) is 25.0 Å². The highest BCUT2D eigenvalue weighted by Crippen LogP contribution is 2.15. The van der Waals surface area contributed by atoms with E-state index in [0.717, 1.165) is 25.9 Å². The molecule has 3 N–H and O–H groups in total. The molecule has 1 saturated heterocycles. The van der Waals surface area contributed by atoms with E-state index in [0.29, 0.717) is 6.04 Å². The number of nitrogens with one attached hydrogen (secondary N) is 2. The Morgan fingerprint density at radius 1 is 1.41 bits per heavy atom. The van der Waals surface area contributed by atoms with Crippen molar-refractivity contribution in [3.63, 3.8) is 0 Å². The van der Waals surface area contributed by atoms with Crippen LogP contribution in [0.5, 0.6) is 0 Å². The second kappa shape index (κ2) is 6.62. The van der Waals surface area contributed by atoms with Gasteiger partial charge in [0, 0.05) is 24.9 Å². The van der Waals surface area contributed by atoms with E-state index >= 15 is 0 Å². The van der Waals surface area contributed by atoms with Crippen molar-refractivity contribution < 1.29 is 5.11 Å². The van der Waals surface area contributed by atoms with Crippen LogP contribution in [-0.4, -0.2) is 30.8 Å². The van der Waals surface area contributed by atoms with Crippen LogP contribution >= 0.6 is 0 Å². The Labute approximate surface area is 103 Å². The highest BCUT2D eigenvalue weighted by molar-refractivity contribution is 5.46. The smallest absolute Gasteiger partial charge is 0.0434 e. The SMILES string of the molecule is OCCCc1cccc(NC2CCCNC2)c1. The zero-order chi connectivity index (χ0) is 11.9. The molecule has 3 nitrogen and oxygen atoms in total. The number of hydrogen-bond acceptors (Lipinski definition) is 3. The summed E-state index contributed by atoms with van der Waals surface area (Å²) in [5, 5.41) is 15.8. The van der Waals surface area contributed by atoms with Gasteiger partial charge >= 0.3 is 0 Å². The summed E-state index contributed by atoms with van der Waals surface area (Å²) >= 11 is 0. The van der Waals surface area contributed by atoms with Crippen molar-refractivity contribution in [1.82, 2.24) is 5.32 Å². The van der Waals surface area contributed by atoms with Gasteiger partial charge in [0.15, 0.2) is 0 Å². The van der Waals surface area contributed by atoms with Gasteiger partial charge in [-0.2, -0.15) is 0 Å². The van der Waals surface area contributed by atoms with Crippen LogP contribution in [0.3, 0.4) is 0 Å². The maximum absolute atomic E-state index is 8.83. The average molecular weight is 234 g/mol. The average Bonchev–Trinajstić information content (AvgIpc) is 2.38. The van der Waals surface area contributed by atoms with Gasteiger partial charge in [0.2, 0.25) is 0 Å². The molecule has 1 heterocycles. The highest BCUT2D eigenvalue weighted by atomic mass is 16.2. The second-order valence-corrected chi connectivity index (χ2v) is 4.72. The molecular formula is C14H22N2O. The number of aryl methyl sites for hydroxylation is 1. The lowest BCUT2D eigenvalue weighted by molar-refractivity contribution is 0.288. The highest BCUT2D eigenvalue weighted by Gasteiger charge is 2.12. The van der Waals surface area contributed by atoms with Crippen molar-refractivity contribution in [3.05, 3.63) is 29.8 Å². The van der Waals surface area contributed by atoms with Gasteiger partial charge in [-0.15, -0.1) is 0 Å². The molecule has 0 aliphatic carbocycles. The van der Waals surface area contributed by atoms with Gasteiger partial charge in [0.25, 0.3) is 0 Å². The standard InChI is InChI=1S/C14H22N2O/c17-9-3-5-12-4-1-6-13(10-12)16-14-7-2-8-15-11-14/h1,4,6,10,14-17H,2-3,5,7-9,11H2. The molecule has 1 fully saturated rings. The fraction of sp³-hybridized carbons (Fsp3) is 0.571. The Kier molecular flexibility index (Phi) is 4.83. The van der Waals surface area contributed by atoms with E-state index in [9.17, 15) is 0 Å². The van der Waals surface area contributed by atoms with Crippen LogP contribution in [0.2, 0.25) is 0 Å². The minimum absolute atomic E-state index is 0.268. The number of hydrogen-bond donors (Lipinski definition) is 3. The third-order valence-electron chi connectivity index (χ3n) is 3.22. The third kappa shape index (κ3) is 4.02. The van der Waals surface area contributed by atoms with Crippen LogP contribution < -0.4 is 10.6 Å². The summed E-state index contributed by atoms with van der Waals surface area (Å²) < 4.78 is 0. The molecule has 1 unspecified atom stereocenters. The first kappa shape index (κ1) is 12.4. The van der Waals surface area contributed by atoms with Crippen molar-refractivity contribution in [3.8, 4) is 0 Å². The van der Waals surface area contributed by atoms with Gasteiger partial charge in [-0.25, -0.2) is 0 Å². The maximum Gasteiger partial charge on any atom is 0.0434 e. The molecule has 17 heavy (non-hydrogen) atoms. The van der Waals surface area contributed by atoms with Crippen molar-refractivity contribution in [2.24, 2.45) is 0 Å². The molecule has 0 bridgehead atoms. The molecule has 3 heteroatoms. The zero-order valence-electron chi connectivity index (χ0n) is 10.3. The van der Waals surface area contributed by atoms with Gasteiger partial charge in [-0.1, -0.05) is 12.1 Å². The van der Waals surface area contributed by atoms with E-state index in [4.69, 9.17) is 5.11 Å². The van der Waals surface area contributed by atoms with E-state index in [-0.39, 0.29) is 6.61 Å². The van der Waals surface area contributed by atoms with E-state index in [1.165, 1.54) is 24.1 Å². The number of benzene rings is 1. The fourth-order valence-electron chi connectivity index (χ4n) is 2.31. The zero-order valence-corrected chi connectivity index (χ0v) is 10.3. The van der Waals surface area contributed by atoms with Crippen LogP contribution in [0, 0.1) is 0 Å². The van der Waals surface area contributed by atoms with Gasteiger partial charge in [-0.05, 0) is 49.9 Å². The van der Waals surface area contributed by atoms with Crippen molar-refractivity contribution >= 4 is 5.69 Å². The van der Waals surface area contributed by atoms with Crippen molar-refractivity contribution in [2.45, 2.75) is 31.7 Å². The van der Waals surface area contributed by atoms with E-state index < -0.39 is 0 Å². The van der Waals surface area contributed by atoms with Gasteiger partial charge in [0.05, 0.1) is 0 Å². The monoisotopic (exact) mass is 234 g/mol. The number of rotatable bonds is 5. The second-order valence-electron chi connectivity index (χ2n) is 4.72. The summed E-state index contributed by atoms with van der Waals surface area (Å²) in [5.41, 5.74) is 2.50. The largest absolute Gasteiger partial charge is 0.396 e. The minimum atomic E-state index is 0.268. The molecule has 94 valence electrons. The molecule has 1 aliphatic heterocycles. The van der Waals surface area contributed by atoms with Gasteiger partial charge < -0.3 is 15.7 Å². The summed E-state index contributed by atoms with van der Waals surface area (Å²) in [6.07, 6.45) is 4.29. The Morgan fingerprint density at radius 2 is 2.35 bits per heavy atom. The molecule has 1 atom stereocenters. The van der Waals surface area contributed by atoms with E-state index in [1.54, 1.807) is 0 Å². The lowest BCUT2D eigenvalue weighted by atomic mass is 10.1. The van der Waals surface area contributed by atoms with E-state index in [2.05, 4.69) is 34.9 Å². The quantitative estimate of drug-likeness (QED) is 0.727. The Hall–Kier alpha value is -1.06. The van der Waals surface area contributed by atoms with Crippen LogP contribution in [-0.2, 0) is 6.42 Å². The van der Waals surface area contributed by atoms with E-state index in [1.807, 2.05) is 0 Å². The topological polar surface area (TPSA) is 44.3 Å². The molecule has 0 amide bonds. The first-order chi connectivity index (χ1) is 8.38. The normalized spacial score (nSPS) is 20.2. The summed E-state index contributed by atoms with van der Waals surface area (Å²) in [6.45, 7) is 2.47. The van der Waals surface area contributed by atoms with Crippen LogP contribution in [0.15, 0.2) is 24.3 Å². The Bertz CT molecular complexity index is 335.